The first-order valence-electron chi connectivity index (χ1n) is 6.81. The van der Waals surface area contributed by atoms with E-state index in [-0.39, 0.29) is 5.57 Å². The number of carbonyl (C=O) groups excluding carboxylic acids is 1. The highest BCUT2D eigenvalue weighted by Gasteiger charge is 2.07. The number of amides is 1. The van der Waals surface area contributed by atoms with Gasteiger partial charge in [0.2, 0.25) is 5.91 Å². The smallest absolute Gasteiger partial charge is 0.331 e. The molecule has 4 nitrogen and oxygen atoms in total. The zero-order chi connectivity index (χ0) is 13.8. The van der Waals surface area contributed by atoms with Crippen LogP contribution in [0.1, 0.15) is 64.7 Å². The third-order valence-electron chi connectivity index (χ3n) is 2.89. The van der Waals surface area contributed by atoms with Gasteiger partial charge in [-0.2, -0.15) is 0 Å². The summed E-state index contributed by atoms with van der Waals surface area (Å²) < 4.78 is 0. The molecule has 0 aromatic heterocycles. The van der Waals surface area contributed by atoms with Gasteiger partial charge in [0, 0.05) is 11.6 Å². The lowest BCUT2D eigenvalue weighted by Crippen LogP contribution is -2.11. The van der Waals surface area contributed by atoms with Crippen LogP contribution in [0.25, 0.3) is 0 Å². The highest BCUT2D eigenvalue weighted by Crippen LogP contribution is 2.13. The van der Waals surface area contributed by atoms with E-state index in [2.05, 4.69) is 6.92 Å². The zero-order valence-electron chi connectivity index (χ0n) is 11.3. The third kappa shape index (κ3) is 9.87. The summed E-state index contributed by atoms with van der Waals surface area (Å²) in [5.41, 5.74) is 5.07. The molecule has 0 atom stereocenters. The van der Waals surface area contributed by atoms with Gasteiger partial charge < -0.3 is 10.8 Å². The van der Waals surface area contributed by atoms with Crippen LogP contribution in [0.3, 0.4) is 0 Å². The fourth-order valence-electron chi connectivity index (χ4n) is 1.86. The SMILES string of the molecule is CCCCCCCCCCC(=CC(N)=O)C(=O)O. The van der Waals surface area contributed by atoms with Crippen molar-refractivity contribution in [2.75, 3.05) is 0 Å². The number of hydrogen-bond acceptors (Lipinski definition) is 2. The van der Waals surface area contributed by atoms with Crippen LogP contribution in [0.2, 0.25) is 0 Å². The molecule has 0 bridgehead atoms. The number of aliphatic carboxylic acids is 1. The molecule has 0 unspecified atom stereocenters. The lowest BCUT2D eigenvalue weighted by atomic mass is 10.0. The molecule has 1 amide bonds. The molecule has 0 fully saturated rings. The summed E-state index contributed by atoms with van der Waals surface area (Å²) in [5, 5.41) is 8.85. The molecule has 0 heterocycles. The number of primary amides is 1. The van der Waals surface area contributed by atoms with Crippen LogP contribution in [-0.4, -0.2) is 17.0 Å². The topological polar surface area (TPSA) is 80.4 Å². The Morgan fingerprint density at radius 2 is 1.50 bits per heavy atom. The molecule has 0 spiro atoms. The average Bonchev–Trinajstić information content (AvgIpc) is 2.30. The largest absolute Gasteiger partial charge is 0.478 e. The van der Waals surface area contributed by atoms with Crippen molar-refractivity contribution in [1.29, 1.82) is 0 Å². The first kappa shape index (κ1) is 16.7. The molecule has 4 heteroatoms. The second kappa shape index (κ2) is 10.8. The predicted octanol–water partition coefficient (Wildman–Crippen LogP) is 3.01. The van der Waals surface area contributed by atoms with E-state index >= 15 is 0 Å². The summed E-state index contributed by atoms with van der Waals surface area (Å²) in [6.07, 6.45) is 10.7. The molecule has 0 aromatic rings. The van der Waals surface area contributed by atoms with Crippen LogP contribution in [0.15, 0.2) is 11.6 Å². The van der Waals surface area contributed by atoms with Crippen LogP contribution in [0.4, 0.5) is 0 Å². The zero-order valence-corrected chi connectivity index (χ0v) is 11.3. The Balaban J connectivity index is 3.63. The number of carbonyl (C=O) groups is 2. The molecule has 0 saturated heterocycles. The molecule has 0 aliphatic heterocycles. The van der Waals surface area contributed by atoms with Crippen LogP contribution in [0, 0.1) is 0 Å². The van der Waals surface area contributed by atoms with E-state index in [1.807, 2.05) is 0 Å². The molecule has 0 rings (SSSR count). The second-order valence-corrected chi connectivity index (χ2v) is 4.60. The summed E-state index contributed by atoms with van der Waals surface area (Å²) in [4.78, 5) is 21.4. The minimum absolute atomic E-state index is 0.119. The number of nitrogens with two attached hydrogens (primary N) is 1. The Bertz CT molecular complexity index is 285. The fourth-order valence-corrected chi connectivity index (χ4v) is 1.86. The molecular weight excluding hydrogens is 230 g/mol. The Labute approximate surface area is 109 Å². The van der Waals surface area contributed by atoms with Gasteiger partial charge >= 0.3 is 5.97 Å². The number of rotatable bonds is 11. The van der Waals surface area contributed by atoms with E-state index in [9.17, 15) is 9.59 Å². The van der Waals surface area contributed by atoms with Crippen molar-refractivity contribution < 1.29 is 14.7 Å². The quantitative estimate of drug-likeness (QED) is 0.440. The number of carboxylic acid groups (broad SMARTS) is 1. The van der Waals surface area contributed by atoms with Crippen LogP contribution in [0.5, 0.6) is 0 Å². The van der Waals surface area contributed by atoms with E-state index in [4.69, 9.17) is 10.8 Å². The average molecular weight is 255 g/mol. The highest BCUT2D eigenvalue weighted by atomic mass is 16.4. The van der Waals surface area contributed by atoms with Crippen molar-refractivity contribution in [2.45, 2.75) is 64.7 Å². The van der Waals surface area contributed by atoms with Crippen molar-refractivity contribution in [1.82, 2.24) is 0 Å². The van der Waals surface area contributed by atoms with Gasteiger partial charge in [0.25, 0.3) is 0 Å². The summed E-state index contributed by atoms with van der Waals surface area (Å²) in [7, 11) is 0. The standard InChI is InChI=1S/C14H25NO3/c1-2-3-4-5-6-7-8-9-10-12(14(17)18)11-13(15)16/h11H,2-10H2,1H3,(H2,15,16)(H,17,18). The number of unbranched alkanes of at least 4 members (excludes halogenated alkanes) is 7. The maximum absolute atomic E-state index is 10.8. The lowest BCUT2D eigenvalue weighted by Gasteiger charge is -2.03. The van der Waals surface area contributed by atoms with Crippen LogP contribution < -0.4 is 5.73 Å². The van der Waals surface area contributed by atoms with Gasteiger partial charge in [0.1, 0.15) is 0 Å². The third-order valence-corrected chi connectivity index (χ3v) is 2.89. The first-order valence-corrected chi connectivity index (χ1v) is 6.81. The van der Waals surface area contributed by atoms with Gasteiger partial charge in [-0.15, -0.1) is 0 Å². The lowest BCUT2D eigenvalue weighted by molar-refractivity contribution is -0.133. The van der Waals surface area contributed by atoms with Crippen molar-refractivity contribution in [3.63, 3.8) is 0 Å². The van der Waals surface area contributed by atoms with Crippen molar-refractivity contribution in [2.24, 2.45) is 5.73 Å². The molecule has 3 N–H and O–H groups in total. The van der Waals surface area contributed by atoms with Crippen molar-refractivity contribution >= 4 is 11.9 Å². The first-order chi connectivity index (χ1) is 8.57. The molecular formula is C14H25NO3. The monoisotopic (exact) mass is 255 g/mol. The van der Waals surface area contributed by atoms with Gasteiger partial charge in [-0.1, -0.05) is 51.9 Å². The summed E-state index contributed by atoms with van der Waals surface area (Å²) >= 11 is 0. The Hall–Kier alpha value is -1.32. The molecule has 0 aliphatic rings. The Kier molecular flexibility index (Phi) is 10.0. The van der Waals surface area contributed by atoms with Crippen LogP contribution in [-0.2, 0) is 9.59 Å². The fraction of sp³-hybridized carbons (Fsp3) is 0.714. The predicted molar refractivity (Wildman–Crippen MR) is 72.1 cm³/mol. The van der Waals surface area contributed by atoms with Crippen molar-refractivity contribution in [3.05, 3.63) is 11.6 Å². The number of hydrogen-bond donors (Lipinski definition) is 2. The van der Waals surface area contributed by atoms with Gasteiger partial charge in [-0.05, 0) is 12.8 Å². The van der Waals surface area contributed by atoms with E-state index < -0.39 is 11.9 Å². The van der Waals surface area contributed by atoms with Gasteiger partial charge in [-0.3, -0.25) is 4.79 Å². The van der Waals surface area contributed by atoms with Crippen molar-refractivity contribution in [3.8, 4) is 0 Å². The highest BCUT2D eigenvalue weighted by molar-refractivity contribution is 5.96. The van der Waals surface area contributed by atoms with Gasteiger partial charge in [0.15, 0.2) is 0 Å². The van der Waals surface area contributed by atoms with Gasteiger partial charge in [-0.25, -0.2) is 4.79 Å². The maximum atomic E-state index is 10.8. The van der Waals surface area contributed by atoms with Gasteiger partial charge in [0.05, 0.1) is 0 Å². The minimum atomic E-state index is -1.04. The Morgan fingerprint density at radius 3 is 1.94 bits per heavy atom. The molecule has 18 heavy (non-hydrogen) atoms. The van der Waals surface area contributed by atoms with E-state index in [1.54, 1.807) is 0 Å². The van der Waals surface area contributed by atoms with Crippen LogP contribution >= 0.6 is 0 Å². The Morgan fingerprint density at radius 1 is 1.00 bits per heavy atom. The minimum Gasteiger partial charge on any atom is -0.478 e. The number of carboxylic acids is 1. The second-order valence-electron chi connectivity index (χ2n) is 4.60. The molecule has 0 radical (unpaired) electrons. The summed E-state index contributed by atoms with van der Waals surface area (Å²) in [5.74, 6) is -1.73. The summed E-state index contributed by atoms with van der Waals surface area (Å²) in [6, 6.07) is 0. The molecule has 0 saturated carbocycles. The molecule has 0 aromatic carbocycles. The van der Waals surface area contributed by atoms with E-state index in [0.29, 0.717) is 6.42 Å². The van der Waals surface area contributed by atoms with E-state index in [1.165, 1.54) is 32.1 Å². The summed E-state index contributed by atoms with van der Waals surface area (Å²) in [6.45, 7) is 2.19. The molecule has 0 aliphatic carbocycles. The van der Waals surface area contributed by atoms with E-state index in [0.717, 1.165) is 25.3 Å². The normalized spacial score (nSPS) is 11.5. The molecule has 104 valence electrons. The maximum Gasteiger partial charge on any atom is 0.331 e.